The lowest BCUT2D eigenvalue weighted by molar-refractivity contribution is 0.200. The van der Waals surface area contributed by atoms with E-state index in [2.05, 4.69) is 60.3 Å². The fourth-order valence-electron chi connectivity index (χ4n) is 4.09. The van der Waals surface area contributed by atoms with E-state index >= 15 is 0 Å². The molecule has 2 aliphatic heterocycles. The summed E-state index contributed by atoms with van der Waals surface area (Å²) in [5.74, 6) is 1.85. The van der Waals surface area contributed by atoms with E-state index in [1.165, 1.54) is 17.1 Å². The maximum atomic E-state index is 6.17. The van der Waals surface area contributed by atoms with Crippen LogP contribution in [0.25, 0.3) is 0 Å². The fourth-order valence-corrected chi connectivity index (χ4v) is 4.67. The molecule has 0 radical (unpaired) electrons. The van der Waals surface area contributed by atoms with Crippen molar-refractivity contribution in [3.8, 4) is 5.75 Å². The van der Waals surface area contributed by atoms with Gasteiger partial charge in [-0.05, 0) is 37.5 Å². The zero-order chi connectivity index (χ0) is 20.8. The second-order valence-corrected chi connectivity index (χ2v) is 9.25. The van der Waals surface area contributed by atoms with E-state index in [1.54, 1.807) is 12.7 Å². The van der Waals surface area contributed by atoms with Crippen LogP contribution in [0.4, 0.5) is 10.9 Å². The molecule has 4 heterocycles. The summed E-state index contributed by atoms with van der Waals surface area (Å²) in [6, 6.07) is 8.36. The minimum Gasteiger partial charge on any atom is -0.488 e. The van der Waals surface area contributed by atoms with Gasteiger partial charge in [0, 0.05) is 49.3 Å². The molecule has 8 nitrogen and oxygen atoms in total. The van der Waals surface area contributed by atoms with Gasteiger partial charge in [0.15, 0.2) is 0 Å². The molecule has 3 aliphatic rings. The summed E-state index contributed by atoms with van der Waals surface area (Å²) in [7, 11) is 0. The SMILES string of the molecule is CC1(Oc2ccc3c(c2)C(c2cc(N4CCN(c5ncns5)CC4)ncn2)=NC3)CC1. The van der Waals surface area contributed by atoms with Gasteiger partial charge in [-0.25, -0.2) is 15.0 Å². The number of ether oxygens (including phenoxy) is 1. The molecule has 0 bridgehead atoms. The smallest absolute Gasteiger partial charge is 0.205 e. The predicted molar refractivity (Wildman–Crippen MR) is 120 cm³/mol. The first-order chi connectivity index (χ1) is 15.2. The number of benzene rings is 1. The number of aromatic nitrogens is 4. The van der Waals surface area contributed by atoms with Crippen LogP contribution in [0, 0.1) is 0 Å². The summed E-state index contributed by atoms with van der Waals surface area (Å²) in [6.07, 6.45) is 5.50. The largest absolute Gasteiger partial charge is 0.488 e. The van der Waals surface area contributed by atoms with Crippen LogP contribution in [-0.2, 0) is 6.54 Å². The van der Waals surface area contributed by atoms with Crippen molar-refractivity contribution in [2.45, 2.75) is 31.9 Å². The molecule has 2 aromatic heterocycles. The molecule has 31 heavy (non-hydrogen) atoms. The van der Waals surface area contributed by atoms with Crippen molar-refractivity contribution < 1.29 is 4.74 Å². The van der Waals surface area contributed by atoms with E-state index in [-0.39, 0.29) is 5.60 Å². The Morgan fingerprint density at radius 2 is 1.81 bits per heavy atom. The number of piperazine rings is 1. The molecular weight excluding hydrogens is 410 g/mol. The third-order valence-corrected chi connectivity index (χ3v) is 6.91. The lowest BCUT2D eigenvalue weighted by Crippen LogP contribution is -2.46. The fraction of sp³-hybridized carbons (Fsp3) is 0.409. The Hall–Kier alpha value is -3.07. The molecule has 6 rings (SSSR count). The molecular formula is C22H23N7OS. The second-order valence-electron chi connectivity index (χ2n) is 8.50. The summed E-state index contributed by atoms with van der Waals surface area (Å²) < 4.78 is 10.3. The monoisotopic (exact) mass is 433 g/mol. The van der Waals surface area contributed by atoms with Crippen LogP contribution in [-0.4, -0.2) is 56.8 Å². The summed E-state index contributed by atoms with van der Waals surface area (Å²) in [5.41, 5.74) is 4.13. The standard InChI is InChI=1S/C22H23N7OS/c1-22(4-5-22)30-16-3-2-15-12-23-20(17(15)10-16)18-11-19(25-13-24-18)28-6-8-29(9-7-28)21-26-14-27-31-21/h2-3,10-11,13-14H,4-9,12H2,1H3. The van der Waals surface area contributed by atoms with E-state index in [1.807, 2.05) is 0 Å². The average molecular weight is 434 g/mol. The Morgan fingerprint density at radius 3 is 2.58 bits per heavy atom. The molecule has 2 fully saturated rings. The molecule has 1 saturated heterocycles. The number of hydrogen-bond acceptors (Lipinski definition) is 9. The number of fused-ring (bicyclic) bond motifs is 1. The maximum Gasteiger partial charge on any atom is 0.205 e. The molecule has 0 atom stereocenters. The molecule has 1 aromatic carbocycles. The number of anilines is 2. The summed E-state index contributed by atoms with van der Waals surface area (Å²) in [4.78, 5) is 22.8. The molecule has 3 aromatic rings. The Kier molecular flexibility index (Phi) is 4.38. The molecule has 158 valence electrons. The van der Waals surface area contributed by atoms with Gasteiger partial charge in [0.05, 0.1) is 18.0 Å². The van der Waals surface area contributed by atoms with Gasteiger partial charge in [0.25, 0.3) is 0 Å². The van der Waals surface area contributed by atoms with Crippen LogP contribution in [0.3, 0.4) is 0 Å². The highest BCUT2D eigenvalue weighted by molar-refractivity contribution is 7.09. The zero-order valence-corrected chi connectivity index (χ0v) is 18.2. The van der Waals surface area contributed by atoms with E-state index < -0.39 is 0 Å². The Labute approximate surface area is 184 Å². The average Bonchev–Trinajstić information content (AvgIpc) is 3.21. The van der Waals surface area contributed by atoms with Gasteiger partial charge < -0.3 is 14.5 Å². The zero-order valence-electron chi connectivity index (χ0n) is 17.4. The molecule has 0 spiro atoms. The van der Waals surface area contributed by atoms with E-state index in [0.29, 0.717) is 6.54 Å². The number of hydrogen-bond donors (Lipinski definition) is 0. The van der Waals surface area contributed by atoms with Crippen molar-refractivity contribution in [3.05, 3.63) is 53.7 Å². The number of aliphatic imine (C=N–C) groups is 1. The molecule has 1 aliphatic carbocycles. The Balaban J connectivity index is 1.21. The van der Waals surface area contributed by atoms with Crippen molar-refractivity contribution in [1.29, 1.82) is 0 Å². The summed E-state index contributed by atoms with van der Waals surface area (Å²) in [6.45, 7) is 6.42. The van der Waals surface area contributed by atoms with Gasteiger partial charge in [-0.3, -0.25) is 4.99 Å². The van der Waals surface area contributed by atoms with Crippen LogP contribution in [0.1, 0.15) is 36.6 Å². The highest BCUT2D eigenvalue weighted by Crippen LogP contribution is 2.40. The lowest BCUT2D eigenvalue weighted by Gasteiger charge is -2.35. The maximum absolute atomic E-state index is 6.17. The topological polar surface area (TPSA) is 79.6 Å². The second kappa shape index (κ2) is 7.26. The third-order valence-electron chi connectivity index (χ3n) is 6.18. The van der Waals surface area contributed by atoms with Crippen LogP contribution in [0.5, 0.6) is 5.75 Å². The quantitative estimate of drug-likeness (QED) is 0.612. The van der Waals surface area contributed by atoms with Gasteiger partial charge in [-0.2, -0.15) is 4.37 Å². The van der Waals surface area contributed by atoms with Gasteiger partial charge in [-0.1, -0.05) is 6.07 Å². The van der Waals surface area contributed by atoms with Gasteiger partial charge in [0.1, 0.15) is 29.8 Å². The normalized spacial score (nSPS) is 19.2. The Morgan fingerprint density at radius 1 is 0.968 bits per heavy atom. The molecule has 9 heteroatoms. The van der Waals surface area contributed by atoms with E-state index in [0.717, 1.165) is 72.7 Å². The van der Waals surface area contributed by atoms with E-state index in [9.17, 15) is 0 Å². The molecule has 0 N–H and O–H groups in total. The minimum atomic E-state index is 0.00305. The van der Waals surface area contributed by atoms with Crippen LogP contribution in [0.15, 0.2) is 41.9 Å². The number of nitrogens with zero attached hydrogens (tertiary/aromatic N) is 7. The van der Waals surface area contributed by atoms with Crippen molar-refractivity contribution >= 4 is 28.2 Å². The first-order valence-corrected chi connectivity index (χ1v) is 11.4. The summed E-state index contributed by atoms with van der Waals surface area (Å²) >= 11 is 1.44. The lowest BCUT2D eigenvalue weighted by atomic mass is 10.0. The van der Waals surface area contributed by atoms with Crippen molar-refractivity contribution in [3.63, 3.8) is 0 Å². The van der Waals surface area contributed by atoms with Gasteiger partial charge in [0.2, 0.25) is 5.13 Å². The van der Waals surface area contributed by atoms with E-state index in [4.69, 9.17) is 9.73 Å². The molecule has 0 amide bonds. The van der Waals surface area contributed by atoms with Crippen LogP contribution < -0.4 is 14.5 Å². The molecule has 1 saturated carbocycles. The highest BCUT2D eigenvalue weighted by atomic mass is 32.1. The van der Waals surface area contributed by atoms with Crippen molar-refractivity contribution in [2.75, 3.05) is 36.0 Å². The van der Waals surface area contributed by atoms with Gasteiger partial charge >= 0.3 is 0 Å². The van der Waals surface area contributed by atoms with Crippen LogP contribution >= 0.6 is 11.5 Å². The van der Waals surface area contributed by atoms with Crippen molar-refractivity contribution in [2.24, 2.45) is 4.99 Å². The minimum absolute atomic E-state index is 0.00305. The predicted octanol–water partition coefficient (Wildman–Crippen LogP) is 2.94. The first kappa shape index (κ1) is 18.7. The third kappa shape index (κ3) is 3.63. The molecule has 0 unspecified atom stereocenters. The number of rotatable bonds is 5. The first-order valence-electron chi connectivity index (χ1n) is 10.6. The Bertz CT molecular complexity index is 1130. The van der Waals surface area contributed by atoms with Gasteiger partial charge in [-0.15, -0.1) is 0 Å². The summed E-state index contributed by atoms with van der Waals surface area (Å²) in [5, 5.41) is 0.984. The highest BCUT2D eigenvalue weighted by Gasteiger charge is 2.40. The van der Waals surface area contributed by atoms with Crippen LogP contribution in [0.2, 0.25) is 0 Å². The van der Waals surface area contributed by atoms with Crippen molar-refractivity contribution in [1.82, 2.24) is 19.3 Å².